The second-order valence-electron chi connectivity index (χ2n) is 4.34. The molecule has 0 radical (unpaired) electrons. The van der Waals surface area contributed by atoms with E-state index in [9.17, 15) is 4.79 Å². The van der Waals surface area contributed by atoms with Gasteiger partial charge in [0.15, 0.2) is 0 Å². The molecule has 1 rings (SSSR count). The van der Waals surface area contributed by atoms with Gasteiger partial charge in [-0.1, -0.05) is 18.5 Å². The molecule has 1 amide bonds. The first kappa shape index (κ1) is 13.6. The summed E-state index contributed by atoms with van der Waals surface area (Å²) < 4.78 is 5.16. The molecule has 1 atom stereocenters. The van der Waals surface area contributed by atoms with Crippen LogP contribution in [0.25, 0.3) is 10.4 Å². The highest BCUT2D eigenvalue weighted by Gasteiger charge is 2.23. The predicted molar refractivity (Wildman–Crippen MR) is 64.6 cm³/mol. The quantitative estimate of drug-likeness (QED) is 0.320. The molecule has 6 heteroatoms. The van der Waals surface area contributed by atoms with E-state index in [4.69, 9.17) is 10.3 Å². The third kappa shape index (κ3) is 4.95. The average Bonchev–Trinajstić information content (AvgIpc) is 2.37. The number of carbonyl (C=O) groups excluding carboxylic acids is 1. The van der Waals surface area contributed by atoms with E-state index in [-0.39, 0.29) is 12.0 Å². The molecule has 1 heterocycles. The number of rotatable bonds is 5. The highest BCUT2D eigenvalue weighted by atomic mass is 16.6. The van der Waals surface area contributed by atoms with Gasteiger partial charge in [-0.15, -0.1) is 0 Å². The lowest BCUT2D eigenvalue weighted by Gasteiger charge is -2.31. The van der Waals surface area contributed by atoms with Crippen molar-refractivity contribution in [3.8, 4) is 0 Å². The van der Waals surface area contributed by atoms with Crippen LogP contribution in [0.4, 0.5) is 4.79 Å². The lowest BCUT2D eigenvalue weighted by atomic mass is 9.99. The summed E-state index contributed by atoms with van der Waals surface area (Å²) >= 11 is 0. The Labute approximate surface area is 102 Å². The smallest absolute Gasteiger partial charge is 0.409 e. The molecule has 0 bridgehead atoms. The molecule has 1 fully saturated rings. The minimum atomic E-state index is -0.232. The Hall–Kier alpha value is -1.42. The summed E-state index contributed by atoms with van der Waals surface area (Å²) in [7, 11) is 0. The second-order valence-corrected chi connectivity index (χ2v) is 4.34. The van der Waals surface area contributed by atoms with Gasteiger partial charge < -0.3 is 9.64 Å². The fourth-order valence-corrected chi connectivity index (χ4v) is 1.93. The molecular formula is C11H20N4O2. The van der Waals surface area contributed by atoms with Crippen molar-refractivity contribution >= 4 is 6.09 Å². The van der Waals surface area contributed by atoms with Crippen molar-refractivity contribution < 1.29 is 9.53 Å². The van der Waals surface area contributed by atoms with Crippen LogP contribution in [-0.2, 0) is 4.74 Å². The monoisotopic (exact) mass is 240 g/mol. The van der Waals surface area contributed by atoms with E-state index in [0.29, 0.717) is 19.7 Å². The van der Waals surface area contributed by atoms with Gasteiger partial charge in [0.05, 0.1) is 6.61 Å². The van der Waals surface area contributed by atoms with E-state index in [1.165, 1.54) is 0 Å². The van der Waals surface area contributed by atoms with Crippen molar-refractivity contribution in [2.24, 2.45) is 11.0 Å². The van der Waals surface area contributed by atoms with Crippen LogP contribution in [0.2, 0.25) is 0 Å². The van der Waals surface area contributed by atoms with Gasteiger partial charge in [0.1, 0.15) is 0 Å². The van der Waals surface area contributed by atoms with E-state index in [1.807, 2.05) is 0 Å². The molecule has 1 aliphatic heterocycles. The fourth-order valence-electron chi connectivity index (χ4n) is 1.93. The van der Waals surface area contributed by atoms with E-state index < -0.39 is 0 Å². The molecule has 6 nitrogen and oxygen atoms in total. The number of carbonyl (C=O) groups is 1. The Morgan fingerprint density at radius 2 is 2.47 bits per heavy atom. The standard InChI is InChI=1S/C11H20N4O2/c1-2-3-7-17-11(16)15-6-4-5-10(9-15)8-13-14-12/h10H,2-9H2,1H3. The molecular weight excluding hydrogens is 220 g/mol. The van der Waals surface area contributed by atoms with Crippen LogP contribution in [0, 0.1) is 5.92 Å². The average molecular weight is 240 g/mol. The molecule has 0 aromatic heterocycles. The molecule has 1 unspecified atom stereocenters. The van der Waals surface area contributed by atoms with E-state index in [0.717, 1.165) is 32.2 Å². The van der Waals surface area contributed by atoms with Crippen molar-refractivity contribution in [1.82, 2.24) is 4.90 Å². The molecule has 1 saturated heterocycles. The third-order valence-corrected chi connectivity index (χ3v) is 2.90. The number of nitrogens with zero attached hydrogens (tertiary/aromatic N) is 4. The molecule has 17 heavy (non-hydrogen) atoms. The maximum atomic E-state index is 11.7. The molecule has 96 valence electrons. The van der Waals surface area contributed by atoms with Crippen LogP contribution in [0.3, 0.4) is 0 Å². The van der Waals surface area contributed by atoms with Crippen molar-refractivity contribution in [2.45, 2.75) is 32.6 Å². The summed E-state index contributed by atoms with van der Waals surface area (Å²) in [6.45, 7) is 4.41. The lowest BCUT2D eigenvalue weighted by molar-refractivity contribution is 0.0843. The number of unbranched alkanes of at least 4 members (excludes halogenated alkanes) is 1. The van der Waals surface area contributed by atoms with Gasteiger partial charge in [0, 0.05) is 24.5 Å². The number of piperidine rings is 1. The summed E-state index contributed by atoms with van der Waals surface area (Å²) in [5, 5.41) is 3.57. The molecule has 0 aromatic rings. The van der Waals surface area contributed by atoms with Gasteiger partial charge >= 0.3 is 6.09 Å². The van der Waals surface area contributed by atoms with E-state index >= 15 is 0 Å². The third-order valence-electron chi connectivity index (χ3n) is 2.90. The predicted octanol–water partition coefficient (Wildman–Crippen LogP) is 2.95. The Bertz CT molecular complexity index is 289. The van der Waals surface area contributed by atoms with Crippen LogP contribution in [0.5, 0.6) is 0 Å². The molecule has 0 saturated carbocycles. The Morgan fingerprint density at radius 1 is 1.65 bits per heavy atom. The number of azide groups is 1. The largest absolute Gasteiger partial charge is 0.449 e. The minimum Gasteiger partial charge on any atom is -0.449 e. The number of hydrogen-bond donors (Lipinski definition) is 0. The number of amides is 1. The minimum absolute atomic E-state index is 0.232. The van der Waals surface area contributed by atoms with Crippen LogP contribution in [-0.4, -0.2) is 37.2 Å². The lowest BCUT2D eigenvalue weighted by Crippen LogP contribution is -2.41. The van der Waals surface area contributed by atoms with Crippen LogP contribution < -0.4 is 0 Å². The zero-order chi connectivity index (χ0) is 12.5. The van der Waals surface area contributed by atoms with E-state index in [2.05, 4.69) is 16.9 Å². The second kappa shape index (κ2) is 7.79. The fraction of sp³-hybridized carbons (Fsp3) is 0.909. The van der Waals surface area contributed by atoms with Gasteiger partial charge in [-0.05, 0) is 30.7 Å². The van der Waals surface area contributed by atoms with Crippen molar-refractivity contribution in [3.63, 3.8) is 0 Å². The first-order chi connectivity index (χ1) is 8.27. The summed E-state index contributed by atoms with van der Waals surface area (Å²) in [6, 6.07) is 0. The number of ether oxygens (including phenoxy) is 1. The normalized spacial score (nSPS) is 19.6. The molecule has 0 N–H and O–H groups in total. The first-order valence-electron chi connectivity index (χ1n) is 6.20. The van der Waals surface area contributed by atoms with Crippen molar-refractivity contribution in [1.29, 1.82) is 0 Å². The highest BCUT2D eigenvalue weighted by molar-refractivity contribution is 5.67. The summed E-state index contributed by atoms with van der Waals surface area (Å²) in [6.07, 6.45) is 3.66. The van der Waals surface area contributed by atoms with Gasteiger partial charge in [-0.3, -0.25) is 0 Å². The van der Waals surface area contributed by atoms with Crippen LogP contribution >= 0.6 is 0 Å². The molecule has 1 aliphatic rings. The van der Waals surface area contributed by atoms with Gasteiger partial charge in [-0.2, -0.15) is 0 Å². The number of hydrogen-bond acceptors (Lipinski definition) is 3. The zero-order valence-electron chi connectivity index (χ0n) is 10.3. The van der Waals surface area contributed by atoms with Crippen LogP contribution in [0.1, 0.15) is 32.6 Å². The Kier molecular flexibility index (Phi) is 6.25. The molecule has 0 aromatic carbocycles. The van der Waals surface area contributed by atoms with E-state index in [1.54, 1.807) is 4.90 Å². The summed E-state index contributed by atoms with van der Waals surface area (Å²) in [5.74, 6) is 0.276. The van der Waals surface area contributed by atoms with Gasteiger partial charge in [0.25, 0.3) is 0 Å². The first-order valence-corrected chi connectivity index (χ1v) is 6.20. The summed E-state index contributed by atoms with van der Waals surface area (Å²) in [5.41, 5.74) is 8.27. The van der Waals surface area contributed by atoms with Crippen molar-refractivity contribution in [2.75, 3.05) is 26.2 Å². The molecule has 0 aliphatic carbocycles. The van der Waals surface area contributed by atoms with Crippen LogP contribution in [0.15, 0.2) is 5.11 Å². The SMILES string of the molecule is CCCCOC(=O)N1CCCC(CN=[N+]=[N-])C1. The van der Waals surface area contributed by atoms with Gasteiger partial charge in [-0.25, -0.2) is 4.79 Å². The van der Waals surface area contributed by atoms with Crippen molar-refractivity contribution in [3.05, 3.63) is 10.4 Å². The highest BCUT2D eigenvalue weighted by Crippen LogP contribution is 2.17. The Balaban J connectivity index is 2.32. The maximum absolute atomic E-state index is 11.7. The zero-order valence-corrected chi connectivity index (χ0v) is 10.3. The number of likely N-dealkylation sites (tertiary alicyclic amines) is 1. The van der Waals surface area contributed by atoms with Gasteiger partial charge in [0.2, 0.25) is 0 Å². The maximum Gasteiger partial charge on any atom is 0.409 e. The Morgan fingerprint density at radius 3 is 3.18 bits per heavy atom. The topological polar surface area (TPSA) is 78.3 Å². The summed E-state index contributed by atoms with van der Waals surface area (Å²) in [4.78, 5) is 16.2. The molecule has 0 spiro atoms.